The van der Waals surface area contributed by atoms with Crippen molar-refractivity contribution in [3.63, 3.8) is 0 Å². The van der Waals surface area contributed by atoms with E-state index in [4.69, 9.17) is 4.74 Å². The molecular formula is C20H31N3O3. The van der Waals surface area contributed by atoms with Crippen molar-refractivity contribution >= 4 is 11.8 Å². The maximum absolute atomic E-state index is 12.4. The molecule has 1 atom stereocenters. The highest BCUT2D eigenvalue weighted by Crippen LogP contribution is 2.17. The van der Waals surface area contributed by atoms with Crippen LogP contribution in [0.3, 0.4) is 0 Å². The predicted molar refractivity (Wildman–Crippen MR) is 102 cm³/mol. The van der Waals surface area contributed by atoms with Gasteiger partial charge in [0.1, 0.15) is 5.75 Å². The second-order valence-corrected chi connectivity index (χ2v) is 6.63. The van der Waals surface area contributed by atoms with Crippen molar-refractivity contribution in [1.82, 2.24) is 15.5 Å². The Morgan fingerprint density at radius 3 is 2.77 bits per heavy atom. The number of benzene rings is 1. The molecule has 26 heavy (non-hydrogen) atoms. The van der Waals surface area contributed by atoms with E-state index in [-0.39, 0.29) is 17.7 Å². The number of nitrogens with zero attached hydrogens (tertiary/aromatic N) is 1. The van der Waals surface area contributed by atoms with Gasteiger partial charge < -0.3 is 20.3 Å². The lowest BCUT2D eigenvalue weighted by Gasteiger charge is -2.32. The fraction of sp³-hybridized carbons (Fsp3) is 0.600. The summed E-state index contributed by atoms with van der Waals surface area (Å²) < 4.78 is 5.59. The number of carbonyl (C=O) groups excluding carboxylic acids is 2. The summed E-state index contributed by atoms with van der Waals surface area (Å²) in [4.78, 5) is 26.5. The van der Waals surface area contributed by atoms with E-state index in [0.29, 0.717) is 26.1 Å². The van der Waals surface area contributed by atoms with Crippen LogP contribution in [0.2, 0.25) is 0 Å². The van der Waals surface area contributed by atoms with Crippen LogP contribution in [0.4, 0.5) is 0 Å². The van der Waals surface area contributed by atoms with Gasteiger partial charge in [-0.3, -0.25) is 9.59 Å². The monoisotopic (exact) mass is 361 g/mol. The van der Waals surface area contributed by atoms with Crippen LogP contribution in [-0.2, 0) is 9.59 Å². The lowest BCUT2D eigenvalue weighted by Crippen LogP contribution is -2.46. The fourth-order valence-electron chi connectivity index (χ4n) is 3.07. The quantitative estimate of drug-likeness (QED) is 0.624. The molecule has 2 rings (SSSR count). The number of amides is 2. The molecule has 144 valence electrons. The van der Waals surface area contributed by atoms with Crippen LogP contribution < -0.4 is 15.4 Å². The van der Waals surface area contributed by atoms with Crippen LogP contribution in [-0.4, -0.2) is 56.0 Å². The Bertz CT molecular complexity index is 550. The summed E-state index contributed by atoms with van der Waals surface area (Å²) in [6, 6.07) is 9.49. The van der Waals surface area contributed by atoms with E-state index < -0.39 is 0 Å². The first-order valence-electron chi connectivity index (χ1n) is 9.64. The molecule has 2 amide bonds. The first kappa shape index (κ1) is 20.2. The minimum Gasteiger partial charge on any atom is -0.493 e. The molecule has 1 aromatic rings. The molecule has 0 aliphatic carbocycles. The summed E-state index contributed by atoms with van der Waals surface area (Å²) in [5.74, 6) is 0.783. The van der Waals surface area contributed by atoms with Gasteiger partial charge in [0.15, 0.2) is 0 Å². The van der Waals surface area contributed by atoms with Crippen LogP contribution in [0.1, 0.15) is 32.6 Å². The van der Waals surface area contributed by atoms with Crippen LogP contribution in [0.15, 0.2) is 30.3 Å². The Balaban J connectivity index is 1.67. The molecule has 2 N–H and O–H groups in total. The Labute approximate surface area is 156 Å². The summed E-state index contributed by atoms with van der Waals surface area (Å²) in [7, 11) is 0. The van der Waals surface area contributed by atoms with E-state index in [0.717, 1.165) is 44.6 Å². The molecule has 1 unspecified atom stereocenters. The minimum absolute atomic E-state index is 0.0568. The molecule has 0 bridgehead atoms. The van der Waals surface area contributed by atoms with Gasteiger partial charge in [-0.1, -0.05) is 25.1 Å². The van der Waals surface area contributed by atoms with Crippen molar-refractivity contribution in [2.75, 3.05) is 39.3 Å². The highest BCUT2D eigenvalue weighted by atomic mass is 16.5. The van der Waals surface area contributed by atoms with Crippen LogP contribution in [0, 0.1) is 5.92 Å². The molecule has 1 aromatic carbocycles. The van der Waals surface area contributed by atoms with Crippen LogP contribution >= 0.6 is 0 Å². The highest BCUT2D eigenvalue weighted by Gasteiger charge is 2.27. The molecule has 0 saturated carbocycles. The Morgan fingerprint density at radius 1 is 1.19 bits per heavy atom. The van der Waals surface area contributed by atoms with E-state index in [9.17, 15) is 9.59 Å². The average Bonchev–Trinajstić information content (AvgIpc) is 2.68. The van der Waals surface area contributed by atoms with E-state index in [1.54, 1.807) is 4.90 Å². The fourth-order valence-corrected chi connectivity index (χ4v) is 3.07. The van der Waals surface area contributed by atoms with E-state index in [2.05, 4.69) is 17.6 Å². The SMILES string of the molecule is CCCNCCNC(=O)C1CCCN(C(=O)CCOc2ccccc2)C1. The number of carbonyl (C=O) groups is 2. The summed E-state index contributed by atoms with van der Waals surface area (Å²) in [6.45, 7) is 6.10. The molecule has 1 aliphatic heterocycles. The van der Waals surface area contributed by atoms with Gasteiger partial charge in [0, 0.05) is 26.2 Å². The zero-order valence-electron chi connectivity index (χ0n) is 15.7. The van der Waals surface area contributed by atoms with Gasteiger partial charge in [-0.15, -0.1) is 0 Å². The molecule has 1 saturated heterocycles. The first-order chi connectivity index (χ1) is 12.7. The van der Waals surface area contributed by atoms with Gasteiger partial charge in [0.2, 0.25) is 11.8 Å². The normalized spacial score (nSPS) is 17.0. The van der Waals surface area contributed by atoms with Crippen molar-refractivity contribution in [1.29, 1.82) is 0 Å². The first-order valence-corrected chi connectivity index (χ1v) is 9.64. The van der Waals surface area contributed by atoms with Gasteiger partial charge in [-0.2, -0.15) is 0 Å². The third kappa shape index (κ3) is 7.04. The molecule has 0 radical (unpaired) electrons. The van der Waals surface area contributed by atoms with E-state index in [1.807, 2.05) is 30.3 Å². The molecule has 0 spiro atoms. The zero-order valence-corrected chi connectivity index (χ0v) is 15.7. The summed E-state index contributed by atoms with van der Waals surface area (Å²) in [5.41, 5.74) is 0. The van der Waals surface area contributed by atoms with Gasteiger partial charge in [-0.05, 0) is 37.9 Å². The Hall–Kier alpha value is -2.08. The zero-order chi connectivity index (χ0) is 18.6. The second kappa shape index (κ2) is 11.5. The highest BCUT2D eigenvalue weighted by molar-refractivity contribution is 5.81. The standard InChI is InChI=1S/C20H31N3O3/c1-2-11-21-12-13-22-20(25)17-7-6-14-23(16-17)19(24)10-15-26-18-8-4-3-5-9-18/h3-5,8-9,17,21H,2,6-7,10-16H2,1H3,(H,22,25). The number of piperidine rings is 1. The van der Waals surface area contributed by atoms with Crippen LogP contribution in [0.25, 0.3) is 0 Å². The number of nitrogens with one attached hydrogen (secondary N) is 2. The van der Waals surface area contributed by atoms with Gasteiger partial charge >= 0.3 is 0 Å². The number of ether oxygens (including phenoxy) is 1. The van der Waals surface area contributed by atoms with E-state index >= 15 is 0 Å². The second-order valence-electron chi connectivity index (χ2n) is 6.63. The molecule has 6 heteroatoms. The topological polar surface area (TPSA) is 70.7 Å². The van der Waals surface area contributed by atoms with Crippen molar-refractivity contribution in [2.24, 2.45) is 5.92 Å². The predicted octanol–water partition coefficient (Wildman–Crippen LogP) is 1.81. The molecule has 0 aromatic heterocycles. The van der Waals surface area contributed by atoms with Gasteiger partial charge in [0.25, 0.3) is 0 Å². The van der Waals surface area contributed by atoms with Gasteiger partial charge in [0.05, 0.1) is 18.9 Å². The summed E-state index contributed by atoms with van der Waals surface area (Å²) in [6.07, 6.45) is 3.14. The smallest absolute Gasteiger partial charge is 0.226 e. The molecule has 1 fully saturated rings. The summed E-state index contributed by atoms with van der Waals surface area (Å²) in [5, 5.41) is 6.24. The Morgan fingerprint density at radius 2 is 2.00 bits per heavy atom. The lowest BCUT2D eigenvalue weighted by atomic mass is 9.97. The third-order valence-electron chi connectivity index (χ3n) is 4.50. The van der Waals surface area contributed by atoms with E-state index in [1.165, 1.54) is 0 Å². The lowest BCUT2D eigenvalue weighted by molar-refractivity contribution is -0.136. The van der Waals surface area contributed by atoms with Crippen molar-refractivity contribution in [2.45, 2.75) is 32.6 Å². The average molecular weight is 361 g/mol. The molecule has 6 nitrogen and oxygen atoms in total. The number of hydrogen-bond donors (Lipinski definition) is 2. The molecule has 1 heterocycles. The number of likely N-dealkylation sites (tertiary alicyclic amines) is 1. The Kier molecular flexibility index (Phi) is 8.96. The number of rotatable bonds is 10. The van der Waals surface area contributed by atoms with Crippen molar-refractivity contribution in [3.8, 4) is 5.75 Å². The number of para-hydroxylation sites is 1. The van der Waals surface area contributed by atoms with Crippen molar-refractivity contribution < 1.29 is 14.3 Å². The summed E-state index contributed by atoms with van der Waals surface area (Å²) >= 11 is 0. The third-order valence-corrected chi connectivity index (χ3v) is 4.50. The van der Waals surface area contributed by atoms with Crippen molar-refractivity contribution in [3.05, 3.63) is 30.3 Å². The maximum Gasteiger partial charge on any atom is 0.226 e. The maximum atomic E-state index is 12.4. The molecular weight excluding hydrogens is 330 g/mol. The van der Waals surface area contributed by atoms with Crippen LogP contribution in [0.5, 0.6) is 5.75 Å². The van der Waals surface area contributed by atoms with Gasteiger partial charge in [-0.25, -0.2) is 0 Å². The number of hydrogen-bond acceptors (Lipinski definition) is 4. The largest absolute Gasteiger partial charge is 0.493 e. The minimum atomic E-state index is -0.103. The molecule has 1 aliphatic rings.